The zero-order chi connectivity index (χ0) is 54.7. The van der Waals surface area contributed by atoms with Gasteiger partial charge in [0.2, 0.25) is 5.71 Å². The van der Waals surface area contributed by atoms with Crippen LogP contribution in [0.15, 0.2) is 187 Å². The maximum atomic E-state index is 10.1. The number of aromatic nitrogens is 4. The van der Waals surface area contributed by atoms with Crippen molar-refractivity contribution < 1.29 is 18.1 Å². The molecule has 5 nitrogen and oxygen atoms in total. The van der Waals surface area contributed by atoms with E-state index in [9.17, 15) is 5.48 Å². The summed E-state index contributed by atoms with van der Waals surface area (Å²) in [5.74, 6) is 0. The molecule has 5 heterocycles. The fraction of sp³-hybridized carbons (Fsp3) is 0.194. The molecule has 10 rings (SSSR count). The van der Waals surface area contributed by atoms with Crippen LogP contribution in [0.3, 0.4) is 0 Å². The highest BCUT2D eigenvalue weighted by atomic mass is 16.3. The fourth-order valence-electron chi connectivity index (χ4n) is 9.11. The number of pyridine rings is 4. The molecule has 0 saturated carbocycles. The predicted molar refractivity (Wildman–Crippen MR) is 276 cm³/mol. The molecule has 0 bridgehead atoms. The van der Waals surface area contributed by atoms with Gasteiger partial charge in [0, 0.05) is 65.5 Å². The molecule has 0 atom stereocenters. The maximum absolute atomic E-state index is 10.1. The highest BCUT2D eigenvalue weighted by molar-refractivity contribution is 6.11. The molecule has 0 aliphatic carbocycles. The Kier molecular flexibility index (Phi) is 8.90. The van der Waals surface area contributed by atoms with Crippen LogP contribution in [0, 0.1) is 13.7 Å². The number of furan rings is 1. The van der Waals surface area contributed by atoms with Crippen LogP contribution >= 0.6 is 0 Å². The van der Waals surface area contributed by atoms with Crippen LogP contribution in [-0.2, 0) is 36.4 Å². The third-order valence-electron chi connectivity index (χ3n) is 12.7. The monoisotopic (exact) mass is 883 g/mol. The van der Waals surface area contributed by atoms with Gasteiger partial charge in [-0.3, -0.25) is 15.0 Å². The topological polar surface area (TPSA) is 64.7 Å². The normalized spacial score (nSPS) is 15.0. The van der Waals surface area contributed by atoms with Gasteiger partial charge in [0.1, 0.15) is 5.58 Å². The third kappa shape index (κ3) is 9.20. The summed E-state index contributed by atoms with van der Waals surface area (Å²) in [5, 5.41) is 1.09. The number of hydrogen-bond donors (Lipinski definition) is 0. The summed E-state index contributed by atoms with van der Waals surface area (Å²) in [6, 6.07) is 50.0. The van der Waals surface area contributed by atoms with Crippen molar-refractivity contribution in [1.82, 2.24) is 19.9 Å². The van der Waals surface area contributed by atoms with E-state index in [-0.39, 0.29) is 39.2 Å². The molecule has 5 aromatic heterocycles. The van der Waals surface area contributed by atoms with Crippen LogP contribution in [-0.4, -0.2) is 19.9 Å². The number of rotatable bonds is 13. The largest absolute Gasteiger partial charge is 0.438 e. The lowest BCUT2D eigenvalue weighted by Gasteiger charge is -2.28. The molecule has 0 unspecified atom stereocenters. The standard InChI is InChI=1S/C62H56N4O/c1-41-16-13-14-21-51(41)54-35-57(52-22-15-23-58-59(52)53-29-24-42(2)66-60(53)67-58)63-38-48(54)26-25-43-32-44(36-61(3,4)49-27-30-55(64-39-49)46-17-9-7-10-18-46)34-45(33-43)37-62(5,6)50-28-31-56(65-40-50)47-19-11-8-12-20-47/h7-24,27-35,38-40H,25-26,36-37H2,1-6H3/i1D3,2D3,25D2,26D2. The summed E-state index contributed by atoms with van der Waals surface area (Å²) in [4.78, 5) is 18.8. The molecule has 330 valence electrons. The first-order chi connectivity index (χ1) is 36.4. The lowest BCUT2D eigenvalue weighted by atomic mass is 9.77. The molecule has 0 saturated heterocycles. The predicted octanol–water partition coefficient (Wildman–Crippen LogP) is 15.3. The van der Waals surface area contributed by atoms with Gasteiger partial charge in [-0.15, -0.1) is 0 Å². The molecule has 67 heavy (non-hydrogen) atoms. The van der Waals surface area contributed by atoms with E-state index < -0.39 is 37.3 Å². The molecule has 0 fully saturated rings. The van der Waals surface area contributed by atoms with Crippen LogP contribution in [0.25, 0.3) is 67.0 Å². The highest BCUT2D eigenvalue weighted by Gasteiger charge is 2.26. The number of benzene rings is 5. The minimum Gasteiger partial charge on any atom is -0.438 e. The lowest BCUT2D eigenvalue weighted by molar-refractivity contribution is 0.512. The van der Waals surface area contributed by atoms with Crippen LogP contribution in [0.2, 0.25) is 0 Å². The van der Waals surface area contributed by atoms with Gasteiger partial charge in [0.05, 0.1) is 17.1 Å². The van der Waals surface area contributed by atoms with E-state index in [4.69, 9.17) is 27.6 Å². The van der Waals surface area contributed by atoms with Crippen molar-refractivity contribution in [3.05, 3.63) is 227 Å². The second-order valence-corrected chi connectivity index (χ2v) is 18.5. The Labute approximate surface area is 408 Å². The van der Waals surface area contributed by atoms with Crippen molar-refractivity contribution in [3.8, 4) is 44.9 Å². The zero-order valence-electron chi connectivity index (χ0n) is 47.9. The average Bonchev–Trinajstić information content (AvgIpc) is 3.83. The highest BCUT2D eigenvalue weighted by Crippen LogP contribution is 2.39. The van der Waals surface area contributed by atoms with E-state index in [0.29, 0.717) is 40.5 Å². The average molecular weight is 883 g/mol. The second-order valence-electron chi connectivity index (χ2n) is 18.5. The van der Waals surface area contributed by atoms with Crippen LogP contribution < -0.4 is 0 Å². The zero-order valence-corrected chi connectivity index (χ0v) is 37.9. The second kappa shape index (κ2) is 18.1. The molecule has 0 radical (unpaired) electrons. The van der Waals surface area contributed by atoms with Crippen molar-refractivity contribution in [3.63, 3.8) is 0 Å². The summed E-state index contributed by atoms with van der Waals surface area (Å²) in [6.07, 6.45) is 0.415. The maximum Gasteiger partial charge on any atom is 0.227 e. The first-order valence-electron chi connectivity index (χ1n) is 27.5. The van der Waals surface area contributed by atoms with Gasteiger partial charge in [-0.05, 0) is 137 Å². The van der Waals surface area contributed by atoms with Crippen molar-refractivity contribution in [1.29, 1.82) is 0 Å². The summed E-state index contributed by atoms with van der Waals surface area (Å²) in [5.41, 5.74) is 7.71. The van der Waals surface area contributed by atoms with Crippen molar-refractivity contribution in [2.45, 2.75) is 77.8 Å². The van der Waals surface area contributed by atoms with E-state index in [2.05, 4.69) is 50.9 Å². The lowest BCUT2D eigenvalue weighted by Crippen LogP contribution is -2.23. The molecule has 5 aromatic carbocycles. The van der Waals surface area contributed by atoms with Gasteiger partial charge >= 0.3 is 0 Å². The molecule has 0 aliphatic heterocycles. The number of aryl methyl sites for hydroxylation is 4. The van der Waals surface area contributed by atoms with E-state index >= 15 is 0 Å². The molecule has 0 N–H and O–H groups in total. The first kappa shape index (κ1) is 33.0. The summed E-state index contributed by atoms with van der Waals surface area (Å²) in [7, 11) is 0. The Morgan fingerprint density at radius 1 is 0.507 bits per heavy atom. The Bertz CT molecular complexity index is 3660. The van der Waals surface area contributed by atoms with Gasteiger partial charge < -0.3 is 4.42 Å². The smallest absolute Gasteiger partial charge is 0.227 e. The molecule has 0 spiro atoms. The van der Waals surface area contributed by atoms with Gasteiger partial charge in [-0.2, -0.15) is 0 Å². The van der Waals surface area contributed by atoms with E-state index in [1.165, 1.54) is 18.3 Å². The Balaban J connectivity index is 1.09. The molecule has 5 heteroatoms. The molecule has 0 amide bonds. The SMILES string of the molecule is [2H]C([2H])([2H])c1ccc2c(n1)oc1cccc(-c3cc(-c4ccccc4C([2H])([2H])[2H])c(C([2H])([2H])C([2H])([2H])c4cc(CC(C)(C)c5ccc(-c6ccccc6)nc5)cc(CC(C)(C)c5ccc(-c6ccccc6)nc5)c4)cn3)c12. The minimum absolute atomic E-state index is 0.0468. The minimum atomic E-state index is -2.84. The molecular weight excluding hydrogens is 817 g/mol. The van der Waals surface area contributed by atoms with Crippen molar-refractivity contribution >= 4 is 22.1 Å². The van der Waals surface area contributed by atoms with Gasteiger partial charge in [-0.25, -0.2) is 4.98 Å². The Morgan fingerprint density at radius 3 is 1.72 bits per heavy atom. The van der Waals surface area contributed by atoms with Crippen molar-refractivity contribution in [2.75, 3.05) is 0 Å². The van der Waals surface area contributed by atoms with E-state index in [1.807, 2.05) is 85.2 Å². The number of nitrogens with zero attached hydrogens (tertiary/aromatic N) is 4. The van der Waals surface area contributed by atoms with Crippen LogP contribution in [0.5, 0.6) is 0 Å². The number of fused-ring (bicyclic) bond motifs is 3. The molecular formula is C62H56N4O. The summed E-state index contributed by atoms with van der Waals surface area (Å²) >= 11 is 0. The van der Waals surface area contributed by atoms with Crippen molar-refractivity contribution in [2.24, 2.45) is 0 Å². The fourth-order valence-corrected chi connectivity index (χ4v) is 9.11. The quantitative estimate of drug-likeness (QED) is 0.115. The third-order valence-corrected chi connectivity index (χ3v) is 12.7. The van der Waals surface area contributed by atoms with Gasteiger partial charge in [0.15, 0.2) is 0 Å². The molecule has 0 aliphatic rings. The Hall–Kier alpha value is -7.50. The van der Waals surface area contributed by atoms with Gasteiger partial charge in [0.25, 0.3) is 0 Å². The Morgan fingerprint density at radius 2 is 1.10 bits per heavy atom. The molecule has 10 aromatic rings. The van der Waals surface area contributed by atoms with E-state index in [1.54, 1.807) is 60.7 Å². The summed E-state index contributed by atoms with van der Waals surface area (Å²) in [6.45, 7) is 3.38. The van der Waals surface area contributed by atoms with Gasteiger partial charge in [-0.1, -0.05) is 155 Å². The van der Waals surface area contributed by atoms with Crippen LogP contribution in [0.4, 0.5) is 0 Å². The number of hydrogen-bond acceptors (Lipinski definition) is 5. The summed E-state index contributed by atoms with van der Waals surface area (Å²) < 4.78 is 95.9. The first-order valence-corrected chi connectivity index (χ1v) is 22.5. The van der Waals surface area contributed by atoms with E-state index in [0.717, 1.165) is 44.8 Å². The van der Waals surface area contributed by atoms with Crippen LogP contribution in [0.1, 0.15) is 86.0 Å².